The number of hydrogen-bond donors (Lipinski definition) is 4. The Morgan fingerprint density at radius 1 is 1.07 bits per heavy atom. The molecule has 2 heterocycles. The smallest absolute Gasteiger partial charge is 0.322 e. The minimum atomic E-state index is -0.670. The molecule has 0 saturated carbocycles. The van der Waals surface area contributed by atoms with Gasteiger partial charge in [-0.1, -0.05) is 48.0 Å². The zero-order chi connectivity index (χ0) is 21.1. The lowest BCUT2D eigenvalue weighted by Crippen LogP contribution is -2.33. The maximum Gasteiger partial charge on any atom is 0.322 e. The summed E-state index contributed by atoms with van der Waals surface area (Å²) < 4.78 is 0. The number of hydrogen-bond acceptors (Lipinski definition) is 3. The number of urea groups is 1. The Labute approximate surface area is 178 Å². The third-order valence-electron chi connectivity index (χ3n) is 5.30. The van der Waals surface area contributed by atoms with Crippen molar-refractivity contribution in [3.63, 3.8) is 0 Å². The van der Waals surface area contributed by atoms with Crippen molar-refractivity contribution in [1.29, 1.82) is 0 Å². The van der Waals surface area contributed by atoms with Crippen LogP contribution in [0.3, 0.4) is 0 Å². The number of halogens is 1. The van der Waals surface area contributed by atoms with E-state index in [-0.39, 0.29) is 24.7 Å². The summed E-state index contributed by atoms with van der Waals surface area (Å²) in [6, 6.07) is 14.4. The fourth-order valence-corrected chi connectivity index (χ4v) is 4.04. The molecule has 1 aliphatic rings. The number of aromatic nitrogens is 1. The number of carbonyl (C=O) groups is 3. The van der Waals surface area contributed by atoms with Crippen molar-refractivity contribution in [2.75, 3.05) is 6.54 Å². The minimum Gasteiger partial charge on any atom is -0.361 e. The largest absolute Gasteiger partial charge is 0.361 e. The van der Waals surface area contributed by atoms with Crippen LogP contribution in [0.5, 0.6) is 0 Å². The Morgan fingerprint density at radius 2 is 1.83 bits per heavy atom. The molecule has 4 rings (SSSR count). The molecule has 3 aromatic rings. The van der Waals surface area contributed by atoms with Gasteiger partial charge in [-0.15, -0.1) is 0 Å². The fraction of sp³-hybridized carbons (Fsp3) is 0.227. The highest BCUT2D eigenvalue weighted by molar-refractivity contribution is 6.31. The van der Waals surface area contributed by atoms with Gasteiger partial charge in [-0.25, -0.2) is 4.79 Å². The Hall–Kier alpha value is -3.32. The first-order valence-corrected chi connectivity index (χ1v) is 10.1. The van der Waals surface area contributed by atoms with Crippen LogP contribution >= 0.6 is 11.6 Å². The number of benzene rings is 2. The van der Waals surface area contributed by atoms with Gasteiger partial charge in [0.05, 0.1) is 0 Å². The lowest BCUT2D eigenvalue weighted by molar-refractivity contribution is -0.122. The van der Waals surface area contributed by atoms with Crippen LogP contribution in [-0.2, 0) is 9.59 Å². The third-order valence-corrected chi connectivity index (χ3v) is 5.64. The van der Waals surface area contributed by atoms with E-state index in [0.717, 1.165) is 22.0 Å². The molecule has 4 amide bonds. The molecule has 1 aromatic heterocycles. The molecule has 0 radical (unpaired) electrons. The average molecular weight is 425 g/mol. The molecule has 8 heteroatoms. The van der Waals surface area contributed by atoms with E-state index in [1.165, 1.54) is 0 Å². The van der Waals surface area contributed by atoms with Crippen LogP contribution in [0.1, 0.15) is 29.9 Å². The van der Waals surface area contributed by atoms with E-state index in [1.54, 1.807) is 0 Å². The molecule has 1 saturated heterocycles. The van der Waals surface area contributed by atoms with Crippen LogP contribution < -0.4 is 16.0 Å². The molecular weight excluding hydrogens is 404 g/mol. The number of fused-ring (bicyclic) bond motifs is 1. The summed E-state index contributed by atoms with van der Waals surface area (Å²) in [5.41, 5.74) is 2.98. The second kappa shape index (κ2) is 8.59. The van der Waals surface area contributed by atoms with Gasteiger partial charge in [-0.3, -0.25) is 14.9 Å². The van der Waals surface area contributed by atoms with Crippen molar-refractivity contribution in [2.45, 2.75) is 24.8 Å². The summed E-state index contributed by atoms with van der Waals surface area (Å²) in [6.45, 7) is 0.355. The summed E-state index contributed by atoms with van der Waals surface area (Å²) in [5.74, 6) is -0.741. The van der Waals surface area contributed by atoms with E-state index in [2.05, 4.69) is 20.9 Å². The van der Waals surface area contributed by atoms with Crippen LogP contribution in [-0.4, -0.2) is 35.4 Å². The van der Waals surface area contributed by atoms with Gasteiger partial charge in [0.2, 0.25) is 5.91 Å². The van der Waals surface area contributed by atoms with Crippen molar-refractivity contribution >= 4 is 40.3 Å². The van der Waals surface area contributed by atoms with Gasteiger partial charge in [0.1, 0.15) is 6.04 Å². The highest BCUT2D eigenvalue weighted by atomic mass is 35.5. The Kier molecular flexibility index (Phi) is 5.72. The monoisotopic (exact) mass is 424 g/mol. The van der Waals surface area contributed by atoms with Crippen LogP contribution in [0.4, 0.5) is 4.79 Å². The van der Waals surface area contributed by atoms with Crippen LogP contribution in [0, 0.1) is 0 Å². The molecular formula is C22H21ClN4O3. The maximum atomic E-state index is 12.4. The number of carbonyl (C=O) groups excluding carboxylic acids is 3. The number of H-pyrrole nitrogens is 1. The quantitative estimate of drug-likeness (QED) is 0.438. The van der Waals surface area contributed by atoms with Crippen molar-refractivity contribution in [3.8, 4) is 0 Å². The molecule has 0 spiro atoms. The summed E-state index contributed by atoms with van der Waals surface area (Å²) >= 11 is 6.47. The Bertz CT molecular complexity index is 1110. The number of amides is 4. The minimum absolute atomic E-state index is 0.126. The fourth-order valence-electron chi connectivity index (χ4n) is 3.77. The zero-order valence-corrected chi connectivity index (χ0v) is 16.8. The molecule has 2 aromatic carbocycles. The first-order valence-electron chi connectivity index (χ1n) is 9.71. The molecule has 0 aliphatic carbocycles. The average Bonchev–Trinajstić information content (AvgIpc) is 3.30. The van der Waals surface area contributed by atoms with Gasteiger partial charge in [0, 0.05) is 41.0 Å². The second-order valence-electron chi connectivity index (χ2n) is 7.22. The van der Waals surface area contributed by atoms with Gasteiger partial charge in [0.25, 0.3) is 5.91 Å². The molecule has 1 fully saturated rings. The van der Waals surface area contributed by atoms with Crippen molar-refractivity contribution in [3.05, 3.63) is 70.9 Å². The Morgan fingerprint density at radius 3 is 2.60 bits per heavy atom. The lowest BCUT2D eigenvalue weighted by atomic mass is 9.90. The molecule has 1 aliphatic heterocycles. The van der Waals surface area contributed by atoms with Crippen molar-refractivity contribution in [2.24, 2.45) is 0 Å². The summed E-state index contributed by atoms with van der Waals surface area (Å²) in [4.78, 5) is 38.5. The molecule has 154 valence electrons. The number of rotatable bonds is 7. The molecule has 30 heavy (non-hydrogen) atoms. The molecule has 2 atom stereocenters. The predicted molar refractivity (Wildman–Crippen MR) is 114 cm³/mol. The molecule has 2 unspecified atom stereocenters. The second-order valence-corrected chi connectivity index (χ2v) is 7.63. The third kappa shape index (κ3) is 4.16. The number of para-hydroxylation sites is 1. The summed E-state index contributed by atoms with van der Waals surface area (Å²) in [7, 11) is 0. The molecule has 7 nitrogen and oxygen atoms in total. The topological polar surface area (TPSA) is 103 Å². The summed E-state index contributed by atoms with van der Waals surface area (Å²) in [6.07, 6.45) is 2.32. The van der Waals surface area contributed by atoms with E-state index in [4.69, 9.17) is 11.6 Å². The molecule has 4 N–H and O–H groups in total. The van der Waals surface area contributed by atoms with Crippen molar-refractivity contribution in [1.82, 2.24) is 20.9 Å². The van der Waals surface area contributed by atoms with Gasteiger partial charge in [-0.2, -0.15) is 0 Å². The van der Waals surface area contributed by atoms with Gasteiger partial charge in [-0.05, 0) is 29.7 Å². The van der Waals surface area contributed by atoms with Crippen LogP contribution in [0.2, 0.25) is 5.02 Å². The Balaban J connectivity index is 1.50. The first kappa shape index (κ1) is 20.0. The lowest BCUT2D eigenvalue weighted by Gasteiger charge is -2.19. The summed E-state index contributed by atoms with van der Waals surface area (Å²) in [5, 5.41) is 9.32. The van der Waals surface area contributed by atoms with E-state index in [9.17, 15) is 14.4 Å². The van der Waals surface area contributed by atoms with Gasteiger partial charge in [0.15, 0.2) is 0 Å². The van der Waals surface area contributed by atoms with Crippen LogP contribution in [0.25, 0.3) is 10.9 Å². The van der Waals surface area contributed by atoms with E-state index < -0.39 is 18.0 Å². The van der Waals surface area contributed by atoms with E-state index in [1.807, 2.05) is 54.7 Å². The highest BCUT2D eigenvalue weighted by Gasteiger charge is 2.29. The van der Waals surface area contributed by atoms with E-state index in [0.29, 0.717) is 11.6 Å². The van der Waals surface area contributed by atoms with E-state index >= 15 is 0 Å². The van der Waals surface area contributed by atoms with Gasteiger partial charge < -0.3 is 15.6 Å². The number of imide groups is 1. The highest BCUT2D eigenvalue weighted by Crippen LogP contribution is 2.34. The number of nitrogens with one attached hydrogen (secondary N) is 4. The van der Waals surface area contributed by atoms with Gasteiger partial charge >= 0.3 is 6.03 Å². The zero-order valence-electron chi connectivity index (χ0n) is 16.1. The SMILES string of the molecule is O=C(CCC1NC(=O)NC1=O)NCC(c1ccccc1Cl)c1c[nH]c2ccccc12. The maximum absolute atomic E-state index is 12.4. The standard InChI is InChI=1S/C22H21ClN4O3/c23-17-7-3-1-5-13(17)15(16-11-24-18-8-4-2-6-14(16)18)12-25-20(28)10-9-19-21(29)27-22(30)26-19/h1-8,11,15,19,24H,9-10,12H2,(H,25,28)(H2,26,27,29,30). The normalized spacial score (nSPS) is 16.9. The number of aromatic amines is 1. The molecule has 0 bridgehead atoms. The van der Waals surface area contributed by atoms with Crippen LogP contribution in [0.15, 0.2) is 54.7 Å². The predicted octanol–water partition coefficient (Wildman–Crippen LogP) is 3.06. The first-order chi connectivity index (χ1) is 14.5. The van der Waals surface area contributed by atoms with Crippen molar-refractivity contribution < 1.29 is 14.4 Å².